The molecule has 0 radical (unpaired) electrons. The first-order valence-corrected chi connectivity index (χ1v) is 6.69. The van der Waals surface area contributed by atoms with E-state index in [1.807, 2.05) is 0 Å². The van der Waals surface area contributed by atoms with Crippen LogP contribution in [0.4, 0.5) is 17.6 Å². The lowest BCUT2D eigenvalue weighted by Crippen LogP contribution is -2.33. The predicted molar refractivity (Wildman–Crippen MR) is 72.3 cm³/mol. The molecule has 0 heterocycles. The van der Waals surface area contributed by atoms with Crippen molar-refractivity contribution in [1.29, 1.82) is 0 Å². The summed E-state index contributed by atoms with van der Waals surface area (Å²) >= 11 is 0. The van der Waals surface area contributed by atoms with Crippen LogP contribution < -0.4 is 10.1 Å². The molecule has 0 fully saturated rings. The van der Waals surface area contributed by atoms with Crippen molar-refractivity contribution in [3.05, 3.63) is 29.8 Å². The van der Waals surface area contributed by atoms with Crippen molar-refractivity contribution < 1.29 is 37.3 Å². The molecule has 2 atom stereocenters. The molecule has 1 rings (SSSR count). The number of benzene rings is 1. The Morgan fingerprint density at radius 1 is 1.35 bits per heavy atom. The average molecular weight is 339 g/mol. The normalized spacial score (nSPS) is 14.4. The molecule has 0 bridgehead atoms. The number of halogens is 4. The Bertz CT molecular complexity index is 527. The lowest BCUT2D eigenvalue weighted by Gasteiger charge is -2.20. The monoisotopic (exact) mass is 339 g/mol. The largest absolute Gasteiger partial charge is 0.461 e. The van der Waals surface area contributed by atoms with Gasteiger partial charge in [0.15, 0.2) is 0 Å². The summed E-state index contributed by atoms with van der Waals surface area (Å²) in [6, 6.07) is 4.49. The number of hydrogen-bond donors (Lipinski definition) is 3. The van der Waals surface area contributed by atoms with Crippen molar-refractivity contribution in [3.63, 3.8) is 0 Å². The van der Waals surface area contributed by atoms with Crippen LogP contribution in [0.25, 0.3) is 0 Å². The van der Waals surface area contributed by atoms with E-state index in [0.29, 0.717) is 0 Å². The van der Waals surface area contributed by atoms with Crippen LogP contribution >= 0.6 is 0 Å². The van der Waals surface area contributed by atoms with Gasteiger partial charge in [0.1, 0.15) is 11.9 Å². The van der Waals surface area contributed by atoms with E-state index in [0.717, 1.165) is 12.1 Å². The Morgan fingerprint density at radius 2 is 2.00 bits per heavy atom. The van der Waals surface area contributed by atoms with E-state index in [1.165, 1.54) is 19.1 Å². The standard InChI is InChI=1S/C14H17F4NO4/c1-8(20)19-6-5-11(21)12(22)9-3-2-4-10(7-9)23-14(17,18)13(15)16/h2-4,7,11-13,21-22H,5-6H2,1H3,(H,19,20). The van der Waals surface area contributed by atoms with E-state index >= 15 is 0 Å². The number of carbonyl (C=O) groups excluding carboxylic acids is 1. The van der Waals surface area contributed by atoms with E-state index in [1.54, 1.807) is 0 Å². The second-order valence-corrected chi connectivity index (χ2v) is 4.82. The Labute approximate surface area is 129 Å². The van der Waals surface area contributed by atoms with E-state index < -0.39 is 30.5 Å². The van der Waals surface area contributed by atoms with Crippen LogP contribution in [-0.2, 0) is 4.79 Å². The van der Waals surface area contributed by atoms with Crippen molar-refractivity contribution in [2.75, 3.05) is 6.54 Å². The zero-order valence-corrected chi connectivity index (χ0v) is 12.2. The number of hydrogen-bond acceptors (Lipinski definition) is 4. The van der Waals surface area contributed by atoms with Crippen LogP contribution in [0.15, 0.2) is 24.3 Å². The van der Waals surface area contributed by atoms with Gasteiger partial charge in [0.05, 0.1) is 6.10 Å². The summed E-state index contributed by atoms with van der Waals surface area (Å²) < 4.78 is 53.8. The SMILES string of the molecule is CC(=O)NCCC(O)C(O)c1cccc(OC(F)(F)C(F)F)c1. The van der Waals surface area contributed by atoms with Gasteiger partial charge in [-0.25, -0.2) is 0 Å². The van der Waals surface area contributed by atoms with Gasteiger partial charge >= 0.3 is 12.5 Å². The third kappa shape index (κ3) is 6.03. The highest BCUT2D eigenvalue weighted by atomic mass is 19.3. The quantitative estimate of drug-likeness (QED) is 0.632. The summed E-state index contributed by atoms with van der Waals surface area (Å²) in [6.45, 7) is 1.39. The molecule has 0 saturated carbocycles. The number of nitrogens with one attached hydrogen (secondary N) is 1. The Hall–Kier alpha value is -1.87. The summed E-state index contributed by atoms with van der Waals surface area (Å²) in [6.07, 6.45) is -11.4. The Morgan fingerprint density at radius 3 is 2.57 bits per heavy atom. The van der Waals surface area contributed by atoms with E-state index in [9.17, 15) is 32.6 Å². The van der Waals surface area contributed by atoms with Gasteiger partial charge in [0.25, 0.3) is 0 Å². The van der Waals surface area contributed by atoms with Crippen molar-refractivity contribution in [2.24, 2.45) is 0 Å². The summed E-state index contributed by atoms with van der Waals surface area (Å²) in [4.78, 5) is 10.7. The number of amides is 1. The number of aliphatic hydroxyl groups excluding tert-OH is 2. The molecule has 130 valence electrons. The van der Waals surface area contributed by atoms with Crippen LogP contribution in [0.2, 0.25) is 0 Å². The molecule has 0 aliphatic heterocycles. The van der Waals surface area contributed by atoms with Crippen molar-refractivity contribution in [3.8, 4) is 5.75 Å². The molecule has 5 nitrogen and oxygen atoms in total. The van der Waals surface area contributed by atoms with E-state index in [-0.39, 0.29) is 24.4 Å². The molecule has 23 heavy (non-hydrogen) atoms. The van der Waals surface area contributed by atoms with Crippen LogP contribution in [0, 0.1) is 0 Å². The van der Waals surface area contributed by atoms with E-state index in [2.05, 4.69) is 10.1 Å². The van der Waals surface area contributed by atoms with Gasteiger partial charge in [-0.15, -0.1) is 0 Å². The number of aliphatic hydroxyl groups is 2. The molecule has 9 heteroatoms. The average Bonchev–Trinajstić information content (AvgIpc) is 2.45. The predicted octanol–water partition coefficient (Wildman–Crippen LogP) is 1.84. The van der Waals surface area contributed by atoms with Crippen molar-refractivity contribution in [1.82, 2.24) is 5.32 Å². The molecule has 2 unspecified atom stereocenters. The summed E-state index contributed by atoms with van der Waals surface area (Å²) in [5, 5.41) is 22.1. The number of rotatable bonds is 8. The number of ether oxygens (including phenoxy) is 1. The van der Waals surface area contributed by atoms with Gasteiger partial charge in [-0.05, 0) is 24.1 Å². The summed E-state index contributed by atoms with van der Waals surface area (Å²) in [7, 11) is 0. The second-order valence-electron chi connectivity index (χ2n) is 4.82. The third-order valence-corrected chi connectivity index (χ3v) is 2.89. The maximum absolute atomic E-state index is 12.8. The summed E-state index contributed by atoms with van der Waals surface area (Å²) in [5.74, 6) is -0.878. The molecule has 0 aliphatic carbocycles. The van der Waals surface area contributed by atoms with Gasteiger partial charge in [-0.2, -0.15) is 17.6 Å². The lowest BCUT2D eigenvalue weighted by atomic mass is 10.0. The van der Waals surface area contributed by atoms with Crippen LogP contribution in [0.3, 0.4) is 0 Å². The minimum absolute atomic E-state index is 0.0129. The van der Waals surface area contributed by atoms with Gasteiger partial charge in [0.2, 0.25) is 5.91 Å². The molecular weight excluding hydrogens is 322 g/mol. The van der Waals surface area contributed by atoms with E-state index in [4.69, 9.17) is 0 Å². The molecule has 1 aromatic rings. The Kier molecular flexibility index (Phi) is 6.77. The maximum Gasteiger partial charge on any atom is 0.461 e. The molecule has 0 aromatic heterocycles. The third-order valence-electron chi connectivity index (χ3n) is 2.89. The minimum atomic E-state index is -4.66. The van der Waals surface area contributed by atoms with Crippen LogP contribution in [0.5, 0.6) is 5.75 Å². The Balaban J connectivity index is 2.73. The smallest absolute Gasteiger partial charge is 0.428 e. The first-order chi connectivity index (χ1) is 10.6. The highest BCUT2D eigenvalue weighted by Crippen LogP contribution is 2.29. The molecule has 0 spiro atoms. The van der Waals surface area contributed by atoms with Crippen LogP contribution in [0.1, 0.15) is 25.0 Å². The van der Waals surface area contributed by atoms with Gasteiger partial charge in [0, 0.05) is 13.5 Å². The van der Waals surface area contributed by atoms with Gasteiger partial charge in [-0.1, -0.05) is 12.1 Å². The van der Waals surface area contributed by atoms with Gasteiger partial charge < -0.3 is 20.3 Å². The topological polar surface area (TPSA) is 78.8 Å². The first-order valence-electron chi connectivity index (χ1n) is 6.69. The highest BCUT2D eigenvalue weighted by Gasteiger charge is 2.44. The fourth-order valence-electron chi connectivity index (χ4n) is 1.74. The molecule has 3 N–H and O–H groups in total. The van der Waals surface area contributed by atoms with Crippen LogP contribution in [-0.4, -0.2) is 41.3 Å². The summed E-state index contributed by atoms with van der Waals surface area (Å²) in [5.41, 5.74) is 0.0166. The molecule has 0 saturated heterocycles. The van der Waals surface area contributed by atoms with Crippen molar-refractivity contribution >= 4 is 5.91 Å². The molecule has 1 amide bonds. The number of alkyl halides is 4. The first kappa shape index (κ1) is 19.2. The number of carbonyl (C=O) groups is 1. The zero-order chi connectivity index (χ0) is 17.6. The fourth-order valence-corrected chi connectivity index (χ4v) is 1.74. The molecule has 0 aliphatic rings. The minimum Gasteiger partial charge on any atom is -0.428 e. The second kappa shape index (κ2) is 8.11. The van der Waals surface area contributed by atoms with Crippen molar-refractivity contribution in [2.45, 2.75) is 38.1 Å². The molecule has 1 aromatic carbocycles. The zero-order valence-electron chi connectivity index (χ0n) is 12.2. The lowest BCUT2D eigenvalue weighted by molar-refractivity contribution is -0.253. The highest BCUT2D eigenvalue weighted by molar-refractivity contribution is 5.72. The fraction of sp³-hybridized carbons (Fsp3) is 0.500. The maximum atomic E-state index is 12.8. The van der Waals surface area contributed by atoms with Gasteiger partial charge in [-0.3, -0.25) is 4.79 Å². The molecular formula is C14H17F4NO4.